The van der Waals surface area contributed by atoms with Crippen molar-refractivity contribution in [2.24, 2.45) is 5.73 Å². The summed E-state index contributed by atoms with van der Waals surface area (Å²) in [5, 5.41) is 3.08. The molecule has 1 amide bonds. The fourth-order valence-corrected chi connectivity index (χ4v) is 2.91. The predicted octanol–water partition coefficient (Wildman–Crippen LogP) is 2.33. The predicted molar refractivity (Wildman–Crippen MR) is 96.5 cm³/mol. The van der Waals surface area contributed by atoms with Crippen LogP contribution in [0.15, 0.2) is 24.3 Å². The van der Waals surface area contributed by atoms with Crippen LogP contribution < -0.4 is 20.7 Å². The number of ether oxygens (including phenoxy) is 1. The highest BCUT2D eigenvalue weighted by molar-refractivity contribution is 5.85. The third-order valence-electron chi connectivity index (χ3n) is 4.20. The lowest BCUT2D eigenvalue weighted by molar-refractivity contribution is -0.123. The van der Waals surface area contributed by atoms with Crippen LogP contribution in [0.1, 0.15) is 32.6 Å². The lowest BCUT2D eigenvalue weighted by Crippen LogP contribution is -2.49. The summed E-state index contributed by atoms with van der Waals surface area (Å²) in [7, 11) is 1.70. The molecule has 1 atom stereocenters. The van der Waals surface area contributed by atoms with Crippen LogP contribution in [-0.2, 0) is 4.79 Å². The van der Waals surface area contributed by atoms with E-state index in [-0.39, 0.29) is 30.4 Å². The molecule has 5 nitrogen and oxygen atoms in total. The fraction of sp³-hybridized carbons (Fsp3) is 0.588. The van der Waals surface area contributed by atoms with Crippen molar-refractivity contribution >= 4 is 24.0 Å². The minimum atomic E-state index is -0.378. The molecule has 0 aliphatic carbocycles. The highest BCUT2D eigenvalue weighted by Crippen LogP contribution is 2.29. The van der Waals surface area contributed by atoms with Crippen molar-refractivity contribution in [1.82, 2.24) is 5.32 Å². The van der Waals surface area contributed by atoms with E-state index in [1.54, 1.807) is 7.11 Å². The van der Waals surface area contributed by atoms with Gasteiger partial charge in [0.15, 0.2) is 0 Å². The quantitative estimate of drug-likeness (QED) is 0.833. The van der Waals surface area contributed by atoms with E-state index in [9.17, 15) is 4.79 Å². The number of halogens is 1. The van der Waals surface area contributed by atoms with Crippen LogP contribution in [0.2, 0.25) is 0 Å². The number of hydrogen-bond donors (Lipinski definition) is 2. The lowest BCUT2D eigenvalue weighted by Gasteiger charge is -2.35. The molecule has 1 unspecified atom stereocenters. The van der Waals surface area contributed by atoms with Crippen molar-refractivity contribution in [2.45, 2.75) is 44.7 Å². The molecule has 1 aliphatic rings. The molecule has 1 aromatic rings. The number of nitrogens with two attached hydrogens (primary N) is 1. The zero-order chi connectivity index (χ0) is 15.9. The standard InChI is InChI=1S/C17H27N3O2.ClH/c1-3-6-14(18)17(21)19-13-9-11-20(12-10-13)15-7-4-5-8-16(15)22-2;/h4-5,7-8,13-14H,3,6,9-12,18H2,1-2H3,(H,19,21);1H. The molecular weight excluding hydrogens is 314 g/mol. The van der Waals surface area contributed by atoms with Gasteiger partial charge in [0.2, 0.25) is 5.91 Å². The molecule has 1 fully saturated rings. The molecule has 1 heterocycles. The smallest absolute Gasteiger partial charge is 0.237 e. The number of amides is 1. The third-order valence-corrected chi connectivity index (χ3v) is 4.20. The second-order valence-electron chi connectivity index (χ2n) is 5.84. The van der Waals surface area contributed by atoms with Crippen molar-refractivity contribution in [3.63, 3.8) is 0 Å². The number of benzene rings is 1. The average Bonchev–Trinajstić information content (AvgIpc) is 2.55. The second kappa shape index (κ2) is 9.63. The maximum atomic E-state index is 12.0. The zero-order valence-electron chi connectivity index (χ0n) is 14.0. The number of para-hydroxylation sites is 2. The van der Waals surface area contributed by atoms with Crippen molar-refractivity contribution in [2.75, 3.05) is 25.1 Å². The van der Waals surface area contributed by atoms with E-state index in [2.05, 4.69) is 16.3 Å². The minimum Gasteiger partial charge on any atom is -0.495 e. The van der Waals surface area contributed by atoms with Crippen molar-refractivity contribution in [1.29, 1.82) is 0 Å². The van der Waals surface area contributed by atoms with Crippen molar-refractivity contribution < 1.29 is 9.53 Å². The molecular formula is C17H28ClN3O2. The molecule has 130 valence electrons. The van der Waals surface area contributed by atoms with Gasteiger partial charge in [0.05, 0.1) is 18.8 Å². The van der Waals surface area contributed by atoms with E-state index in [0.717, 1.165) is 50.2 Å². The molecule has 2 rings (SSSR count). The van der Waals surface area contributed by atoms with Crippen molar-refractivity contribution in [3.8, 4) is 5.75 Å². The number of hydrogen-bond acceptors (Lipinski definition) is 4. The molecule has 0 aromatic heterocycles. The first-order chi connectivity index (χ1) is 10.7. The summed E-state index contributed by atoms with van der Waals surface area (Å²) >= 11 is 0. The molecule has 1 aliphatic heterocycles. The Morgan fingerprint density at radius 3 is 2.65 bits per heavy atom. The van der Waals surface area contributed by atoms with Crippen LogP contribution in [0.25, 0.3) is 0 Å². The largest absolute Gasteiger partial charge is 0.495 e. The molecule has 0 radical (unpaired) electrons. The Kier molecular flexibility index (Phi) is 8.20. The first kappa shape index (κ1) is 19.6. The number of anilines is 1. The summed E-state index contributed by atoms with van der Waals surface area (Å²) in [6.45, 7) is 3.86. The van der Waals surface area contributed by atoms with Gasteiger partial charge in [-0.3, -0.25) is 4.79 Å². The van der Waals surface area contributed by atoms with Crippen LogP contribution >= 0.6 is 12.4 Å². The molecule has 23 heavy (non-hydrogen) atoms. The van der Waals surface area contributed by atoms with Gasteiger partial charge in [-0.2, -0.15) is 0 Å². The summed E-state index contributed by atoms with van der Waals surface area (Å²) in [6.07, 6.45) is 3.54. The first-order valence-electron chi connectivity index (χ1n) is 8.09. The van der Waals surface area contributed by atoms with Gasteiger partial charge < -0.3 is 20.7 Å². The normalized spacial score (nSPS) is 16.4. The number of methoxy groups -OCH3 is 1. The number of piperidine rings is 1. The summed E-state index contributed by atoms with van der Waals surface area (Å²) < 4.78 is 5.42. The van der Waals surface area contributed by atoms with Crippen LogP contribution in [-0.4, -0.2) is 38.2 Å². The van der Waals surface area contributed by atoms with Gasteiger partial charge in [0.25, 0.3) is 0 Å². The molecule has 1 saturated heterocycles. The maximum Gasteiger partial charge on any atom is 0.237 e. The number of carbonyl (C=O) groups excluding carboxylic acids is 1. The fourth-order valence-electron chi connectivity index (χ4n) is 2.91. The van der Waals surface area contributed by atoms with Crippen LogP contribution in [0, 0.1) is 0 Å². The van der Waals surface area contributed by atoms with E-state index in [1.807, 2.05) is 25.1 Å². The Bertz CT molecular complexity index is 490. The Morgan fingerprint density at radius 1 is 1.39 bits per heavy atom. The van der Waals surface area contributed by atoms with E-state index in [0.29, 0.717) is 0 Å². The van der Waals surface area contributed by atoms with Gasteiger partial charge in [-0.15, -0.1) is 12.4 Å². The van der Waals surface area contributed by atoms with Crippen LogP contribution in [0.3, 0.4) is 0 Å². The Hall–Kier alpha value is -1.46. The van der Waals surface area contributed by atoms with Gasteiger partial charge in [0.1, 0.15) is 5.75 Å². The van der Waals surface area contributed by atoms with E-state index in [1.165, 1.54) is 0 Å². The van der Waals surface area contributed by atoms with Crippen molar-refractivity contribution in [3.05, 3.63) is 24.3 Å². The topological polar surface area (TPSA) is 67.6 Å². The van der Waals surface area contributed by atoms with Gasteiger partial charge >= 0.3 is 0 Å². The first-order valence-corrected chi connectivity index (χ1v) is 8.09. The van der Waals surface area contributed by atoms with Gasteiger partial charge in [0, 0.05) is 19.1 Å². The average molecular weight is 342 g/mol. The SMILES string of the molecule is CCCC(N)C(=O)NC1CCN(c2ccccc2OC)CC1.Cl. The molecule has 0 saturated carbocycles. The highest BCUT2D eigenvalue weighted by Gasteiger charge is 2.24. The molecule has 0 spiro atoms. The monoisotopic (exact) mass is 341 g/mol. The number of carbonyl (C=O) groups is 1. The lowest BCUT2D eigenvalue weighted by atomic mass is 10.0. The minimum absolute atomic E-state index is 0. The Morgan fingerprint density at radius 2 is 2.04 bits per heavy atom. The second-order valence-corrected chi connectivity index (χ2v) is 5.84. The van der Waals surface area contributed by atoms with Gasteiger partial charge in [-0.25, -0.2) is 0 Å². The Labute approximate surface area is 145 Å². The van der Waals surface area contributed by atoms with Gasteiger partial charge in [-0.1, -0.05) is 25.5 Å². The van der Waals surface area contributed by atoms with E-state index in [4.69, 9.17) is 10.5 Å². The van der Waals surface area contributed by atoms with Crippen LogP contribution in [0.4, 0.5) is 5.69 Å². The maximum absolute atomic E-state index is 12.0. The number of rotatable bonds is 6. The zero-order valence-corrected chi connectivity index (χ0v) is 14.8. The summed E-state index contributed by atoms with van der Waals surface area (Å²) in [5.74, 6) is 0.882. The molecule has 3 N–H and O–H groups in total. The van der Waals surface area contributed by atoms with E-state index < -0.39 is 0 Å². The summed E-state index contributed by atoms with van der Waals surface area (Å²) in [4.78, 5) is 14.3. The Balaban J connectivity index is 0.00000264. The molecule has 6 heteroatoms. The molecule has 0 bridgehead atoms. The number of nitrogens with one attached hydrogen (secondary N) is 1. The van der Waals surface area contributed by atoms with Crippen LogP contribution in [0.5, 0.6) is 5.75 Å². The van der Waals surface area contributed by atoms with E-state index >= 15 is 0 Å². The summed E-state index contributed by atoms with van der Waals surface area (Å²) in [6, 6.07) is 7.90. The van der Waals surface area contributed by atoms with Gasteiger partial charge in [-0.05, 0) is 31.4 Å². The molecule has 1 aromatic carbocycles. The summed E-state index contributed by atoms with van der Waals surface area (Å²) in [5.41, 5.74) is 6.98. The number of nitrogens with zero attached hydrogens (tertiary/aromatic N) is 1. The highest BCUT2D eigenvalue weighted by atomic mass is 35.5. The third kappa shape index (κ3) is 5.29.